The monoisotopic (exact) mass is 545 g/mol. The van der Waals surface area contributed by atoms with Crippen LogP contribution in [0.15, 0.2) is 41.2 Å². The molecule has 3 aliphatic rings. The van der Waals surface area contributed by atoms with Crippen molar-refractivity contribution in [2.75, 3.05) is 43.1 Å². The van der Waals surface area contributed by atoms with E-state index in [1.54, 1.807) is 35.9 Å². The summed E-state index contributed by atoms with van der Waals surface area (Å²) in [5, 5.41) is 13.5. The molecule has 3 fully saturated rings. The third-order valence-corrected chi connectivity index (χ3v) is 8.74. The molecule has 2 aliphatic heterocycles. The van der Waals surface area contributed by atoms with Crippen LogP contribution in [-0.2, 0) is 16.6 Å². The minimum Gasteiger partial charge on any atom is -0.478 e. The molecule has 2 saturated heterocycles. The average molecular weight is 546 g/mol. The molecule has 1 aromatic heterocycles. The lowest BCUT2D eigenvalue weighted by molar-refractivity contribution is -0.141. The van der Waals surface area contributed by atoms with Gasteiger partial charge in [-0.05, 0) is 56.4 Å². The molecule has 6 rings (SSSR count). The Bertz CT molecular complexity index is 1560. The molecular formula is C30H35N5O5. The van der Waals surface area contributed by atoms with Gasteiger partial charge in [-0.3, -0.25) is 14.2 Å². The second-order valence-electron chi connectivity index (χ2n) is 11.5. The number of para-hydroxylation sites is 1. The lowest BCUT2D eigenvalue weighted by Crippen LogP contribution is -2.48. The molecule has 1 amide bonds. The quantitative estimate of drug-likeness (QED) is 0.486. The number of benzene rings is 2. The number of morpholine rings is 1. The molecule has 1 aliphatic carbocycles. The topological polar surface area (TPSA) is 117 Å². The Labute approximate surface area is 232 Å². The van der Waals surface area contributed by atoms with Gasteiger partial charge in [0.25, 0.3) is 5.56 Å². The fourth-order valence-electron chi connectivity index (χ4n) is 6.56. The predicted molar refractivity (Wildman–Crippen MR) is 152 cm³/mol. The average Bonchev–Trinajstić information content (AvgIpc) is 3.43. The van der Waals surface area contributed by atoms with Gasteiger partial charge in [-0.25, -0.2) is 9.78 Å². The molecule has 0 radical (unpaired) electrons. The van der Waals surface area contributed by atoms with Crippen molar-refractivity contribution in [1.82, 2.24) is 14.5 Å². The summed E-state index contributed by atoms with van der Waals surface area (Å²) >= 11 is 0. The summed E-state index contributed by atoms with van der Waals surface area (Å²) in [5.41, 5.74) is 2.92. The van der Waals surface area contributed by atoms with E-state index in [0.717, 1.165) is 11.1 Å². The SMILES string of the molecule is Cc1cc(C(C)Nc2ccccc2C(=O)O)c2nc(N3C[C@@H]4C(C(=O)N5CCOC[C@@H]5C)[C@@H]4C3)n(C)c(=O)c2c1. The van der Waals surface area contributed by atoms with E-state index in [2.05, 4.69) is 10.2 Å². The van der Waals surface area contributed by atoms with Crippen LogP contribution in [-0.4, -0.2) is 70.3 Å². The number of rotatable bonds is 6. The van der Waals surface area contributed by atoms with Crippen molar-refractivity contribution in [2.24, 2.45) is 24.8 Å². The van der Waals surface area contributed by atoms with Crippen LogP contribution in [0.2, 0.25) is 0 Å². The van der Waals surface area contributed by atoms with Crippen LogP contribution in [0.5, 0.6) is 0 Å². The van der Waals surface area contributed by atoms with Gasteiger partial charge < -0.3 is 25.0 Å². The van der Waals surface area contributed by atoms with E-state index >= 15 is 0 Å². The van der Waals surface area contributed by atoms with E-state index in [1.165, 1.54) is 0 Å². The summed E-state index contributed by atoms with van der Waals surface area (Å²) in [7, 11) is 1.75. The zero-order chi connectivity index (χ0) is 28.3. The van der Waals surface area contributed by atoms with Crippen LogP contribution in [0.3, 0.4) is 0 Å². The Morgan fingerprint density at radius 1 is 1.18 bits per heavy atom. The second kappa shape index (κ2) is 9.92. The number of fused-ring (bicyclic) bond motifs is 2. The minimum absolute atomic E-state index is 0.0334. The Kier molecular flexibility index (Phi) is 6.53. The lowest BCUT2D eigenvalue weighted by Gasteiger charge is -2.34. The smallest absolute Gasteiger partial charge is 0.337 e. The van der Waals surface area contributed by atoms with Gasteiger partial charge in [0.2, 0.25) is 11.9 Å². The second-order valence-corrected chi connectivity index (χ2v) is 11.5. The van der Waals surface area contributed by atoms with Gasteiger partial charge in [0, 0.05) is 43.9 Å². The van der Waals surface area contributed by atoms with Gasteiger partial charge in [0.1, 0.15) is 0 Å². The number of hydrogen-bond donors (Lipinski definition) is 2. The molecular weight excluding hydrogens is 510 g/mol. The number of aromatic nitrogens is 2. The molecule has 10 heteroatoms. The van der Waals surface area contributed by atoms with Crippen LogP contribution in [0.4, 0.5) is 11.6 Å². The zero-order valence-corrected chi connectivity index (χ0v) is 23.3. The number of piperidine rings is 1. The van der Waals surface area contributed by atoms with Gasteiger partial charge in [-0.15, -0.1) is 0 Å². The third kappa shape index (κ3) is 4.40. The number of aromatic carboxylic acids is 1. The molecule has 0 spiro atoms. The highest BCUT2D eigenvalue weighted by molar-refractivity contribution is 5.94. The van der Waals surface area contributed by atoms with Crippen LogP contribution >= 0.6 is 0 Å². The highest BCUT2D eigenvalue weighted by atomic mass is 16.5. The number of carboxylic acid groups (broad SMARTS) is 1. The molecule has 2 unspecified atom stereocenters. The van der Waals surface area contributed by atoms with E-state index in [-0.39, 0.29) is 46.9 Å². The normalized spacial score (nSPS) is 24.6. The molecule has 2 aromatic carbocycles. The Balaban J connectivity index is 1.28. The molecule has 3 aromatic rings. The predicted octanol–water partition coefficient (Wildman–Crippen LogP) is 3.04. The van der Waals surface area contributed by atoms with E-state index in [0.29, 0.717) is 55.4 Å². The maximum absolute atomic E-state index is 13.6. The van der Waals surface area contributed by atoms with Crippen LogP contribution in [0.1, 0.15) is 41.4 Å². The van der Waals surface area contributed by atoms with Crippen molar-refractivity contribution < 1.29 is 19.4 Å². The Morgan fingerprint density at radius 3 is 2.60 bits per heavy atom. The molecule has 0 bridgehead atoms. The summed E-state index contributed by atoms with van der Waals surface area (Å²) in [6.45, 7) is 9.11. The van der Waals surface area contributed by atoms with Crippen molar-refractivity contribution in [3.63, 3.8) is 0 Å². The number of anilines is 2. The van der Waals surface area contributed by atoms with Gasteiger partial charge in [0.15, 0.2) is 0 Å². The molecule has 210 valence electrons. The van der Waals surface area contributed by atoms with E-state index in [1.807, 2.05) is 37.8 Å². The minimum atomic E-state index is -1.01. The number of nitrogens with zero attached hydrogens (tertiary/aromatic N) is 4. The number of carbonyl (C=O) groups excluding carboxylic acids is 1. The summed E-state index contributed by atoms with van der Waals surface area (Å²) in [6.07, 6.45) is 0. The van der Waals surface area contributed by atoms with Gasteiger partial charge in [-0.2, -0.15) is 0 Å². The van der Waals surface area contributed by atoms with E-state index in [9.17, 15) is 19.5 Å². The first-order chi connectivity index (χ1) is 19.2. The first-order valence-corrected chi connectivity index (χ1v) is 13.9. The van der Waals surface area contributed by atoms with Gasteiger partial charge in [0.05, 0.1) is 41.8 Å². The number of amides is 1. The van der Waals surface area contributed by atoms with Gasteiger partial charge in [-0.1, -0.05) is 18.2 Å². The van der Waals surface area contributed by atoms with Crippen molar-refractivity contribution in [3.8, 4) is 0 Å². The fourth-order valence-corrected chi connectivity index (χ4v) is 6.56. The number of aryl methyl sites for hydroxylation is 1. The largest absolute Gasteiger partial charge is 0.478 e. The number of hydrogen-bond acceptors (Lipinski definition) is 7. The highest BCUT2D eigenvalue weighted by Gasteiger charge is 2.61. The number of nitrogens with one attached hydrogen (secondary N) is 1. The van der Waals surface area contributed by atoms with Gasteiger partial charge >= 0.3 is 5.97 Å². The zero-order valence-electron chi connectivity index (χ0n) is 23.3. The van der Waals surface area contributed by atoms with Crippen molar-refractivity contribution in [2.45, 2.75) is 32.9 Å². The Hall–Kier alpha value is -3.92. The molecule has 5 atom stereocenters. The standard InChI is InChI=1S/C30H35N5O5/c1-16-11-20(18(3)31-24-8-6-5-7-19(24)29(38)39)26-21(12-16)27(36)33(4)30(32-26)34-13-22-23(14-34)25(22)28(37)35-9-10-40-15-17(35)2/h5-8,11-12,17-18,22-23,25,31H,9-10,13-15H2,1-4H3,(H,38,39)/t17-,18?,22-,23+,25?/m0/s1. The lowest BCUT2D eigenvalue weighted by atomic mass is 10.0. The molecule has 2 N–H and O–H groups in total. The molecule has 10 nitrogen and oxygen atoms in total. The first kappa shape index (κ1) is 26.3. The van der Waals surface area contributed by atoms with Crippen LogP contribution < -0.4 is 15.8 Å². The fraction of sp³-hybridized carbons (Fsp3) is 0.467. The summed E-state index contributed by atoms with van der Waals surface area (Å²) in [6, 6.07) is 10.4. The van der Waals surface area contributed by atoms with Crippen molar-refractivity contribution >= 4 is 34.4 Å². The first-order valence-electron chi connectivity index (χ1n) is 13.9. The third-order valence-electron chi connectivity index (χ3n) is 8.74. The van der Waals surface area contributed by atoms with Crippen LogP contribution in [0.25, 0.3) is 10.9 Å². The summed E-state index contributed by atoms with van der Waals surface area (Å²) < 4.78 is 7.11. The number of ether oxygens (including phenoxy) is 1. The Morgan fingerprint density at radius 2 is 1.90 bits per heavy atom. The maximum Gasteiger partial charge on any atom is 0.337 e. The number of carbonyl (C=O) groups is 2. The van der Waals surface area contributed by atoms with Crippen LogP contribution in [0, 0.1) is 24.7 Å². The van der Waals surface area contributed by atoms with E-state index in [4.69, 9.17) is 9.72 Å². The molecule has 40 heavy (non-hydrogen) atoms. The van der Waals surface area contributed by atoms with Crippen molar-refractivity contribution in [1.29, 1.82) is 0 Å². The summed E-state index contributed by atoms with van der Waals surface area (Å²) in [5.74, 6) is 0.377. The molecule has 1 saturated carbocycles. The van der Waals surface area contributed by atoms with E-state index < -0.39 is 5.97 Å². The van der Waals surface area contributed by atoms with Crippen molar-refractivity contribution in [3.05, 3.63) is 63.4 Å². The molecule has 3 heterocycles. The summed E-state index contributed by atoms with van der Waals surface area (Å²) in [4.78, 5) is 47.7. The number of carboxylic acids is 1. The highest BCUT2D eigenvalue weighted by Crippen LogP contribution is 2.53. The maximum atomic E-state index is 13.6.